The molecule has 1 fully saturated rings. The third kappa shape index (κ3) is 5.45. The van der Waals surface area contributed by atoms with Crippen molar-refractivity contribution in [2.75, 3.05) is 13.1 Å². The van der Waals surface area contributed by atoms with Crippen LogP contribution in [0.1, 0.15) is 33.6 Å². The molecule has 1 saturated heterocycles. The Labute approximate surface area is 143 Å². The van der Waals surface area contributed by atoms with Crippen molar-refractivity contribution in [3.63, 3.8) is 0 Å². The third-order valence-electron chi connectivity index (χ3n) is 3.88. The standard InChI is InChI=1S/C15H25ClN4O.ClH/c1-15(2,3)6-11-8-19(10-13(11)17)14(21)4-5-20-9-12(16)7-18-20;/h7,9,11,13H,4-6,8,10,17H2,1-3H3;1H/t11-,13-;/m1./s1. The van der Waals surface area contributed by atoms with E-state index in [9.17, 15) is 4.79 Å². The number of aryl methyl sites for hydroxylation is 1. The number of aromatic nitrogens is 2. The molecule has 0 aliphatic carbocycles. The average Bonchev–Trinajstić information content (AvgIpc) is 2.92. The van der Waals surface area contributed by atoms with Gasteiger partial charge in [-0.2, -0.15) is 5.10 Å². The fraction of sp³-hybridized carbons (Fsp3) is 0.733. The van der Waals surface area contributed by atoms with Crippen molar-refractivity contribution >= 4 is 29.9 Å². The summed E-state index contributed by atoms with van der Waals surface area (Å²) in [5.74, 6) is 0.543. The lowest BCUT2D eigenvalue weighted by Crippen LogP contribution is -2.33. The first-order chi connectivity index (χ1) is 9.74. The number of carbonyl (C=O) groups is 1. The molecule has 1 aromatic heterocycles. The SMILES string of the molecule is CC(C)(C)C[C@@H]1CN(C(=O)CCn2cc(Cl)cn2)C[C@H]1N.Cl. The van der Waals surface area contributed by atoms with Gasteiger partial charge in [-0.3, -0.25) is 9.48 Å². The number of amides is 1. The summed E-state index contributed by atoms with van der Waals surface area (Å²) >= 11 is 5.81. The van der Waals surface area contributed by atoms with E-state index in [0.29, 0.717) is 30.5 Å². The fourth-order valence-corrected chi connectivity index (χ4v) is 3.09. The van der Waals surface area contributed by atoms with E-state index >= 15 is 0 Å². The number of carbonyl (C=O) groups excluding carboxylic acids is 1. The van der Waals surface area contributed by atoms with E-state index in [1.54, 1.807) is 17.1 Å². The Morgan fingerprint density at radius 3 is 2.68 bits per heavy atom. The van der Waals surface area contributed by atoms with Crippen LogP contribution in [0.2, 0.25) is 5.02 Å². The van der Waals surface area contributed by atoms with Crippen LogP contribution in [0.25, 0.3) is 0 Å². The van der Waals surface area contributed by atoms with Gasteiger partial charge in [-0.15, -0.1) is 12.4 Å². The molecule has 0 unspecified atom stereocenters. The zero-order valence-electron chi connectivity index (χ0n) is 13.5. The topological polar surface area (TPSA) is 64.2 Å². The minimum atomic E-state index is 0. The van der Waals surface area contributed by atoms with Crippen LogP contribution in [-0.4, -0.2) is 39.7 Å². The summed E-state index contributed by atoms with van der Waals surface area (Å²) in [5.41, 5.74) is 6.44. The van der Waals surface area contributed by atoms with Gasteiger partial charge >= 0.3 is 0 Å². The van der Waals surface area contributed by atoms with Gasteiger partial charge in [0, 0.05) is 38.3 Å². The smallest absolute Gasteiger partial charge is 0.224 e. The first-order valence-corrected chi connectivity index (χ1v) is 7.84. The summed E-state index contributed by atoms with van der Waals surface area (Å²) in [6.07, 6.45) is 4.80. The van der Waals surface area contributed by atoms with E-state index in [4.69, 9.17) is 17.3 Å². The molecule has 2 rings (SSSR count). The van der Waals surface area contributed by atoms with Crippen LogP contribution in [0, 0.1) is 11.3 Å². The maximum atomic E-state index is 12.3. The van der Waals surface area contributed by atoms with Crippen molar-refractivity contribution in [2.45, 2.75) is 46.2 Å². The molecule has 1 amide bonds. The molecule has 0 aromatic carbocycles. The largest absolute Gasteiger partial charge is 0.341 e. The van der Waals surface area contributed by atoms with E-state index < -0.39 is 0 Å². The molecule has 126 valence electrons. The van der Waals surface area contributed by atoms with Crippen molar-refractivity contribution in [3.8, 4) is 0 Å². The van der Waals surface area contributed by atoms with Crippen molar-refractivity contribution < 1.29 is 4.79 Å². The maximum absolute atomic E-state index is 12.3. The summed E-state index contributed by atoms with van der Waals surface area (Å²) in [6, 6.07) is 0.0901. The zero-order valence-corrected chi connectivity index (χ0v) is 15.0. The Bertz CT molecular complexity index is 498. The third-order valence-corrected chi connectivity index (χ3v) is 4.07. The Hall–Kier alpha value is -0.780. The molecule has 2 N–H and O–H groups in total. The van der Waals surface area contributed by atoms with E-state index in [1.807, 2.05) is 4.90 Å². The molecule has 22 heavy (non-hydrogen) atoms. The second-order valence-electron chi connectivity index (χ2n) is 7.16. The molecule has 1 aliphatic heterocycles. The zero-order chi connectivity index (χ0) is 15.6. The van der Waals surface area contributed by atoms with Gasteiger partial charge in [0.25, 0.3) is 0 Å². The van der Waals surface area contributed by atoms with Gasteiger partial charge in [-0.1, -0.05) is 32.4 Å². The van der Waals surface area contributed by atoms with Gasteiger partial charge in [0.2, 0.25) is 5.91 Å². The van der Waals surface area contributed by atoms with Gasteiger partial charge in [0.1, 0.15) is 0 Å². The fourth-order valence-electron chi connectivity index (χ4n) is 2.93. The number of rotatable bonds is 4. The molecule has 0 radical (unpaired) electrons. The highest BCUT2D eigenvalue weighted by Gasteiger charge is 2.34. The highest BCUT2D eigenvalue weighted by atomic mass is 35.5. The molecule has 1 aliphatic rings. The van der Waals surface area contributed by atoms with E-state index in [1.165, 1.54) is 0 Å². The van der Waals surface area contributed by atoms with E-state index in [0.717, 1.165) is 13.0 Å². The molecular formula is C15H26Cl2N4O. The lowest BCUT2D eigenvalue weighted by Gasteiger charge is -2.24. The average molecular weight is 349 g/mol. The van der Waals surface area contributed by atoms with Crippen molar-refractivity contribution in [2.24, 2.45) is 17.1 Å². The highest BCUT2D eigenvalue weighted by molar-refractivity contribution is 6.30. The maximum Gasteiger partial charge on any atom is 0.224 e. The molecule has 0 saturated carbocycles. The van der Waals surface area contributed by atoms with Crippen LogP contribution in [0.3, 0.4) is 0 Å². The molecular weight excluding hydrogens is 323 g/mol. The number of halogens is 2. The normalized spacial score (nSPS) is 21.8. The summed E-state index contributed by atoms with van der Waals surface area (Å²) in [5, 5.41) is 4.68. The molecule has 0 spiro atoms. The monoisotopic (exact) mass is 348 g/mol. The van der Waals surface area contributed by atoms with Crippen molar-refractivity contribution in [3.05, 3.63) is 17.4 Å². The minimum absolute atomic E-state index is 0. The van der Waals surface area contributed by atoms with Gasteiger partial charge < -0.3 is 10.6 Å². The second-order valence-corrected chi connectivity index (χ2v) is 7.60. The summed E-state index contributed by atoms with van der Waals surface area (Å²) in [6.45, 7) is 8.64. The van der Waals surface area contributed by atoms with Gasteiger partial charge in [-0.25, -0.2) is 0 Å². The minimum Gasteiger partial charge on any atom is -0.341 e. The highest BCUT2D eigenvalue weighted by Crippen LogP contribution is 2.30. The van der Waals surface area contributed by atoms with E-state index in [-0.39, 0.29) is 29.8 Å². The van der Waals surface area contributed by atoms with E-state index in [2.05, 4.69) is 25.9 Å². The first kappa shape index (κ1) is 19.3. The lowest BCUT2D eigenvalue weighted by atomic mass is 9.83. The van der Waals surface area contributed by atoms with Crippen LogP contribution < -0.4 is 5.73 Å². The Morgan fingerprint density at radius 1 is 1.45 bits per heavy atom. The molecule has 0 bridgehead atoms. The Balaban J connectivity index is 0.00000242. The lowest BCUT2D eigenvalue weighted by molar-refractivity contribution is -0.130. The first-order valence-electron chi connectivity index (χ1n) is 7.46. The van der Waals surface area contributed by atoms with Gasteiger partial charge in [-0.05, 0) is 17.8 Å². The Kier molecular flexibility index (Phi) is 6.71. The van der Waals surface area contributed by atoms with Crippen molar-refractivity contribution in [1.82, 2.24) is 14.7 Å². The molecule has 2 atom stereocenters. The van der Waals surface area contributed by atoms with Crippen LogP contribution in [0.15, 0.2) is 12.4 Å². The van der Waals surface area contributed by atoms with Crippen LogP contribution in [0.5, 0.6) is 0 Å². The quantitative estimate of drug-likeness (QED) is 0.909. The summed E-state index contributed by atoms with van der Waals surface area (Å²) in [4.78, 5) is 14.2. The summed E-state index contributed by atoms with van der Waals surface area (Å²) < 4.78 is 1.70. The number of hydrogen-bond donors (Lipinski definition) is 1. The number of hydrogen-bond acceptors (Lipinski definition) is 3. The number of likely N-dealkylation sites (tertiary alicyclic amines) is 1. The van der Waals surface area contributed by atoms with Crippen molar-refractivity contribution in [1.29, 1.82) is 0 Å². The molecule has 2 heterocycles. The second kappa shape index (κ2) is 7.66. The van der Waals surface area contributed by atoms with Crippen LogP contribution in [-0.2, 0) is 11.3 Å². The molecule has 7 heteroatoms. The van der Waals surface area contributed by atoms with Crippen LogP contribution >= 0.6 is 24.0 Å². The number of nitrogens with zero attached hydrogens (tertiary/aromatic N) is 3. The molecule has 5 nitrogen and oxygen atoms in total. The van der Waals surface area contributed by atoms with Gasteiger partial charge in [0.05, 0.1) is 11.2 Å². The van der Waals surface area contributed by atoms with Crippen LogP contribution in [0.4, 0.5) is 0 Å². The number of nitrogens with two attached hydrogens (primary N) is 1. The predicted molar refractivity (Wildman–Crippen MR) is 91.2 cm³/mol. The summed E-state index contributed by atoms with van der Waals surface area (Å²) in [7, 11) is 0. The van der Waals surface area contributed by atoms with Gasteiger partial charge in [0.15, 0.2) is 0 Å². The molecule has 1 aromatic rings. The predicted octanol–water partition coefficient (Wildman–Crippen LogP) is 2.57. The Morgan fingerprint density at radius 2 is 2.14 bits per heavy atom.